The van der Waals surface area contributed by atoms with Gasteiger partial charge >= 0.3 is 0 Å². The molecule has 0 aliphatic carbocycles. The van der Waals surface area contributed by atoms with Crippen LogP contribution in [0.2, 0.25) is 0 Å². The van der Waals surface area contributed by atoms with Crippen LogP contribution in [0.4, 0.5) is 0 Å². The number of hydrogen-bond donors (Lipinski definition) is 0. The lowest BCUT2D eigenvalue weighted by atomic mass is 10.2. The molecule has 0 fully saturated rings. The van der Waals surface area contributed by atoms with Gasteiger partial charge in [0.05, 0.1) is 15.3 Å². The van der Waals surface area contributed by atoms with E-state index in [4.69, 9.17) is 0 Å². The number of aromatic nitrogens is 1. The maximum absolute atomic E-state index is 12.8. The third kappa shape index (κ3) is 5.13. The van der Waals surface area contributed by atoms with Crippen LogP contribution in [0.1, 0.15) is 21.5 Å². The van der Waals surface area contributed by atoms with Gasteiger partial charge in [-0.25, -0.2) is 4.21 Å². The van der Waals surface area contributed by atoms with E-state index in [1.54, 1.807) is 36.5 Å². The number of amides is 1. The Bertz CT molecular complexity index is 1150. The second-order valence-corrected chi connectivity index (χ2v) is 8.91. The van der Waals surface area contributed by atoms with E-state index < -0.39 is 15.6 Å². The Labute approximate surface area is 167 Å². The topological polar surface area (TPSA) is 59.4 Å². The van der Waals surface area contributed by atoms with Crippen molar-refractivity contribution >= 4 is 31.6 Å². The van der Waals surface area contributed by atoms with Crippen LogP contribution < -0.4 is 0 Å². The van der Waals surface area contributed by atoms with Crippen LogP contribution in [-0.4, -0.2) is 21.4 Å². The fraction of sp³-hybridized carbons (Fsp3) is 0.0476. The molecule has 0 N–H and O–H groups in total. The van der Waals surface area contributed by atoms with Gasteiger partial charge in [-0.05, 0) is 42.5 Å². The van der Waals surface area contributed by atoms with Crippen molar-refractivity contribution in [1.82, 2.24) is 4.98 Å². The first-order chi connectivity index (χ1) is 12.9. The number of rotatable bonds is 2. The van der Waals surface area contributed by atoms with E-state index in [1.807, 2.05) is 30.3 Å². The molecule has 3 aromatic rings. The van der Waals surface area contributed by atoms with Gasteiger partial charge in [-0.1, -0.05) is 46.0 Å². The Balaban J connectivity index is 1.87. The highest BCUT2D eigenvalue weighted by atomic mass is 79.9. The van der Waals surface area contributed by atoms with Crippen molar-refractivity contribution in [3.05, 3.63) is 94.2 Å². The maximum Gasteiger partial charge on any atom is 0.286 e. The molecule has 27 heavy (non-hydrogen) atoms. The largest absolute Gasteiger partial charge is 0.286 e. The van der Waals surface area contributed by atoms with Crippen LogP contribution in [0, 0.1) is 11.8 Å². The second-order valence-electron chi connectivity index (χ2n) is 5.73. The van der Waals surface area contributed by atoms with Gasteiger partial charge in [-0.15, -0.1) is 0 Å². The van der Waals surface area contributed by atoms with Crippen LogP contribution in [0.25, 0.3) is 0 Å². The zero-order valence-electron chi connectivity index (χ0n) is 14.4. The van der Waals surface area contributed by atoms with E-state index in [0.717, 1.165) is 10.0 Å². The summed E-state index contributed by atoms with van der Waals surface area (Å²) < 4.78 is 17.6. The van der Waals surface area contributed by atoms with Crippen molar-refractivity contribution in [2.24, 2.45) is 4.36 Å². The molecule has 1 unspecified atom stereocenters. The second kappa shape index (κ2) is 8.30. The Morgan fingerprint density at radius 1 is 1.00 bits per heavy atom. The van der Waals surface area contributed by atoms with E-state index >= 15 is 0 Å². The minimum absolute atomic E-state index is 0.253. The van der Waals surface area contributed by atoms with Gasteiger partial charge in [-0.3, -0.25) is 9.78 Å². The van der Waals surface area contributed by atoms with Crippen LogP contribution in [-0.2, 0) is 9.73 Å². The molecule has 134 valence electrons. The summed E-state index contributed by atoms with van der Waals surface area (Å²) in [6, 6.07) is 17.9. The first kappa shape index (κ1) is 19.0. The SMILES string of the molecule is CS(=O)(=NC(=O)c1cncc(C#Cc2ccc(Br)cc2)c1)c1ccccc1. The maximum atomic E-state index is 12.8. The molecule has 1 amide bonds. The lowest BCUT2D eigenvalue weighted by Gasteiger charge is -2.03. The summed E-state index contributed by atoms with van der Waals surface area (Å²) in [4.78, 5) is 17.0. The predicted molar refractivity (Wildman–Crippen MR) is 110 cm³/mol. The summed E-state index contributed by atoms with van der Waals surface area (Å²) >= 11 is 3.38. The number of hydrogen-bond acceptors (Lipinski definition) is 3. The smallest absolute Gasteiger partial charge is 0.266 e. The Morgan fingerprint density at radius 3 is 2.37 bits per heavy atom. The number of halogens is 1. The number of carbonyl (C=O) groups is 1. The molecule has 0 bridgehead atoms. The van der Waals surface area contributed by atoms with Crippen LogP contribution in [0.3, 0.4) is 0 Å². The van der Waals surface area contributed by atoms with Crippen molar-refractivity contribution in [2.75, 3.05) is 6.26 Å². The van der Waals surface area contributed by atoms with Crippen LogP contribution >= 0.6 is 15.9 Å². The molecule has 6 heteroatoms. The molecular formula is C21H15BrN2O2S. The van der Waals surface area contributed by atoms with E-state index in [1.165, 1.54) is 12.5 Å². The average Bonchev–Trinajstić information content (AvgIpc) is 2.68. The molecular weight excluding hydrogens is 424 g/mol. The molecule has 2 aromatic carbocycles. The van der Waals surface area contributed by atoms with E-state index in [-0.39, 0.29) is 5.56 Å². The zero-order chi connectivity index (χ0) is 19.3. The lowest BCUT2D eigenvalue weighted by molar-refractivity contribution is 0.100. The third-order valence-corrected chi connectivity index (χ3v) is 5.81. The number of carbonyl (C=O) groups excluding carboxylic acids is 1. The summed E-state index contributed by atoms with van der Waals surface area (Å²) in [5.41, 5.74) is 1.68. The first-order valence-electron chi connectivity index (χ1n) is 7.98. The monoisotopic (exact) mass is 438 g/mol. The Kier molecular flexibility index (Phi) is 5.84. The molecule has 0 spiro atoms. The van der Waals surface area contributed by atoms with Crippen molar-refractivity contribution in [1.29, 1.82) is 0 Å². The minimum Gasteiger partial charge on any atom is -0.266 e. The third-order valence-electron chi connectivity index (χ3n) is 3.62. The summed E-state index contributed by atoms with van der Waals surface area (Å²) in [7, 11) is -2.82. The Hall–Kier alpha value is -2.75. The average molecular weight is 439 g/mol. The van der Waals surface area contributed by atoms with Crippen molar-refractivity contribution < 1.29 is 9.00 Å². The van der Waals surface area contributed by atoms with E-state index in [9.17, 15) is 9.00 Å². The molecule has 4 nitrogen and oxygen atoms in total. The molecule has 0 aliphatic rings. The van der Waals surface area contributed by atoms with Crippen molar-refractivity contribution in [2.45, 2.75) is 4.90 Å². The molecule has 1 heterocycles. The number of nitrogens with zero attached hydrogens (tertiary/aromatic N) is 2. The van der Waals surface area contributed by atoms with Gasteiger partial charge < -0.3 is 0 Å². The Morgan fingerprint density at radius 2 is 1.67 bits per heavy atom. The fourth-order valence-corrected chi connectivity index (χ4v) is 3.69. The molecule has 0 radical (unpaired) electrons. The minimum atomic E-state index is -2.82. The van der Waals surface area contributed by atoms with Crippen LogP contribution in [0.5, 0.6) is 0 Å². The van der Waals surface area contributed by atoms with Crippen LogP contribution in [0.15, 0.2) is 86.8 Å². The van der Waals surface area contributed by atoms with Gasteiger partial charge in [0.25, 0.3) is 5.91 Å². The summed E-state index contributed by atoms with van der Waals surface area (Å²) in [6.07, 6.45) is 4.42. The van der Waals surface area contributed by atoms with Crippen molar-refractivity contribution in [3.8, 4) is 11.8 Å². The summed E-state index contributed by atoms with van der Waals surface area (Å²) in [5, 5.41) is 0. The number of pyridine rings is 1. The highest BCUT2D eigenvalue weighted by molar-refractivity contribution is 9.10. The van der Waals surface area contributed by atoms with E-state index in [0.29, 0.717) is 10.5 Å². The van der Waals surface area contributed by atoms with Gasteiger partial charge in [0.15, 0.2) is 0 Å². The van der Waals surface area contributed by atoms with Gasteiger partial charge in [0, 0.05) is 39.1 Å². The summed E-state index contributed by atoms with van der Waals surface area (Å²) in [6.45, 7) is 0. The quantitative estimate of drug-likeness (QED) is 0.551. The molecule has 1 atom stereocenters. The number of benzene rings is 2. The van der Waals surface area contributed by atoms with Gasteiger partial charge in [0.2, 0.25) is 0 Å². The van der Waals surface area contributed by atoms with Gasteiger partial charge in [-0.2, -0.15) is 4.36 Å². The van der Waals surface area contributed by atoms with E-state index in [2.05, 4.69) is 37.1 Å². The standard InChI is InChI=1S/C21H15BrN2O2S/c1-27(26,20-5-3-2-4-6-20)24-21(25)18-13-17(14-23-15-18)8-7-16-9-11-19(22)12-10-16/h2-6,9-15H,1H3. The predicted octanol–water partition coefficient (Wildman–Crippen LogP) is 4.54. The van der Waals surface area contributed by atoms with Gasteiger partial charge in [0.1, 0.15) is 0 Å². The first-order valence-corrected chi connectivity index (χ1v) is 10.7. The summed E-state index contributed by atoms with van der Waals surface area (Å²) in [5.74, 6) is 5.42. The molecule has 0 saturated heterocycles. The molecule has 3 rings (SSSR count). The highest BCUT2D eigenvalue weighted by Crippen LogP contribution is 2.13. The molecule has 0 aliphatic heterocycles. The van der Waals surface area contributed by atoms with Crippen molar-refractivity contribution in [3.63, 3.8) is 0 Å². The fourth-order valence-electron chi connectivity index (χ4n) is 2.24. The molecule has 0 saturated carbocycles. The highest BCUT2D eigenvalue weighted by Gasteiger charge is 2.11. The zero-order valence-corrected chi connectivity index (χ0v) is 16.8. The lowest BCUT2D eigenvalue weighted by Crippen LogP contribution is -2.04. The normalized spacial score (nSPS) is 12.4. The molecule has 1 aromatic heterocycles.